The lowest BCUT2D eigenvalue weighted by Gasteiger charge is -2.39. The van der Waals surface area contributed by atoms with E-state index in [0.29, 0.717) is 31.2 Å². The third-order valence-corrected chi connectivity index (χ3v) is 6.62. The first-order chi connectivity index (χ1) is 15.1. The number of methoxy groups -OCH3 is 1. The molecule has 2 saturated heterocycles. The van der Waals surface area contributed by atoms with Crippen molar-refractivity contribution in [2.45, 2.75) is 90.0 Å². The molecule has 2 heterocycles. The third-order valence-electron chi connectivity index (χ3n) is 6.62. The van der Waals surface area contributed by atoms with E-state index in [0.717, 1.165) is 0 Å². The van der Waals surface area contributed by atoms with Gasteiger partial charge in [-0.05, 0) is 36.8 Å². The lowest BCUT2D eigenvalue weighted by molar-refractivity contribution is -0.239. The number of epoxide rings is 1. The molecule has 2 aliphatic rings. The number of carbonyl (C=O) groups excluding carboxylic acids is 1. The van der Waals surface area contributed by atoms with Gasteiger partial charge in [-0.3, -0.25) is 4.79 Å². The van der Waals surface area contributed by atoms with E-state index < -0.39 is 35.8 Å². The molecule has 8 heteroatoms. The molecule has 0 bridgehead atoms. The molecule has 6 atom stereocenters. The third kappa shape index (κ3) is 4.21. The Morgan fingerprint density at radius 3 is 2.44 bits per heavy atom. The zero-order chi connectivity index (χ0) is 23.8. The van der Waals surface area contributed by atoms with Crippen LogP contribution in [0.5, 0.6) is 17.2 Å². The molecule has 3 rings (SSSR count). The second-order valence-electron chi connectivity index (χ2n) is 9.32. The van der Waals surface area contributed by atoms with Crippen molar-refractivity contribution in [2.24, 2.45) is 11.8 Å². The molecular weight excluding hydrogens is 416 g/mol. The van der Waals surface area contributed by atoms with E-state index in [9.17, 15) is 25.2 Å². The topological polar surface area (TPSA) is 129 Å². The number of hydrogen-bond acceptors (Lipinski definition) is 8. The molecule has 1 aromatic rings. The Labute approximate surface area is 189 Å². The van der Waals surface area contributed by atoms with Crippen molar-refractivity contribution >= 4 is 5.78 Å². The highest BCUT2D eigenvalue weighted by Gasteiger charge is 2.68. The lowest BCUT2D eigenvalue weighted by Crippen LogP contribution is -2.55. The Morgan fingerprint density at radius 2 is 1.94 bits per heavy atom. The van der Waals surface area contributed by atoms with Crippen LogP contribution in [0.2, 0.25) is 0 Å². The number of benzene rings is 1. The summed E-state index contributed by atoms with van der Waals surface area (Å²) in [6.07, 6.45) is -0.951. The fraction of sp³-hybridized carbons (Fsp3) is 0.708. The minimum absolute atomic E-state index is 0.0377. The molecule has 0 aromatic heterocycles. The summed E-state index contributed by atoms with van der Waals surface area (Å²) in [6.45, 7) is 7.80. The number of aliphatic hydroxyl groups is 2. The molecular formula is C24H36O8. The number of rotatable bonds is 9. The minimum atomic E-state index is -1.34. The van der Waals surface area contributed by atoms with Gasteiger partial charge >= 0.3 is 0 Å². The van der Waals surface area contributed by atoms with E-state index in [4.69, 9.17) is 14.2 Å². The van der Waals surface area contributed by atoms with Gasteiger partial charge in [0.2, 0.25) is 5.75 Å². The number of phenolic OH excluding ortho intramolecular Hbond substituents is 2. The monoisotopic (exact) mass is 452 g/mol. The summed E-state index contributed by atoms with van der Waals surface area (Å²) < 4.78 is 16.6. The zero-order valence-electron chi connectivity index (χ0n) is 19.5. The number of carbonyl (C=O) groups is 1. The van der Waals surface area contributed by atoms with Crippen LogP contribution in [0, 0.1) is 11.8 Å². The number of phenols is 2. The van der Waals surface area contributed by atoms with Gasteiger partial charge in [-0.1, -0.05) is 34.1 Å². The molecule has 1 aromatic carbocycles. The Bertz CT molecular complexity index is 824. The Kier molecular flexibility index (Phi) is 7.39. The largest absolute Gasteiger partial charge is 0.504 e. The van der Waals surface area contributed by atoms with Crippen molar-refractivity contribution in [2.75, 3.05) is 7.11 Å². The van der Waals surface area contributed by atoms with Crippen LogP contribution in [0.25, 0.3) is 0 Å². The molecule has 1 spiro atoms. The van der Waals surface area contributed by atoms with E-state index >= 15 is 0 Å². The second kappa shape index (κ2) is 9.55. The van der Waals surface area contributed by atoms with Gasteiger partial charge in [0.15, 0.2) is 29.2 Å². The highest BCUT2D eigenvalue weighted by atomic mass is 16.7. The predicted octanol–water partition coefficient (Wildman–Crippen LogP) is 2.92. The molecule has 0 amide bonds. The maximum atomic E-state index is 13.6. The summed E-state index contributed by atoms with van der Waals surface area (Å²) in [6, 6.07) is 1.51. The molecule has 2 fully saturated rings. The van der Waals surface area contributed by atoms with Crippen LogP contribution in [0.3, 0.4) is 0 Å². The lowest BCUT2D eigenvalue weighted by atomic mass is 9.80. The van der Waals surface area contributed by atoms with Gasteiger partial charge in [-0.2, -0.15) is 0 Å². The zero-order valence-corrected chi connectivity index (χ0v) is 19.5. The molecule has 2 aliphatic heterocycles. The van der Waals surface area contributed by atoms with Crippen molar-refractivity contribution in [1.29, 1.82) is 0 Å². The minimum Gasteiger partial charge on any atom is -0.504 e. The van der Waals surface area contributed by atoms with E-state index in [2.05, 4.69) is 0 Å². The average molecular weight is 453 g/mol. The van der Waals surface area contributed by atoms with Crippen molar-refractivity contribution < 1.29 is 39.4 Å². The van der Waals surface area contributed by atoms with Gasteiger partial charge in [-0.15, -0.1) is 0 Å². The van der Waals surface area contributed by atoms with E-state index in [1.54, 1.807) is 0 Å². The molecule has 32 heavy (non-hydrogen) atoms. The fourth-order valence-electron chi connectivity index (χ4n) is 4.94. The van der Waals surface area contributed by atoms with Gasteiger partial charge in [0.1, 0.15) is 0 Å². The second-order valence-corrected chi connectivity index (χ2v) is 9.32. The van der Waals surface area contributed by atoms with Gasteiger partial charge in [0, 0.05) is 12.3 Å². The number of hydrogen-bond donors (Lipinski definition) is 4. The van der Waals surface area contributed by atoms with Crippen molar-refractivity contribution in [1.82, 2.24) is 0 Å². The smallest absolute Gasteiger partial charge is 0.203 e. The molecule has 6 unspecified atom stereocenters. The highest BCUT2D eigenvalue weighted by Crippen LogP contribution is 2.51. The summed E-state index contributed by atoms with van der Waals surface area (Å²) in [5, 5.41) is 42.6. The first-order valence-electron chi connectivity index (χ1n) is 11.5. The first-order valence-corrected chi connectivity index (χ1v) is 11.5. The number of aromatic hydroxyl groups is 2. The van der Waals surface area contributed by atoms with Crippen molar-refractivity contribution in [3.8, 4) is 17.2 Å². The van der Waals surface area contributed by atoms with Crippen molar-refractivity contribution in [3.63, 3.8) is 0 Å². The SMILES string of the molecule is CCCC(C(=O)c1cc(CC(C)C)c(O)c(OC)c1O)C1CC(O)C2(OC2CC)C(O)O1. The highest BCUT2D eigenvalue weighted by molar-refractivity contribution is 6.02. The first kappa shape index (κ1) is 24.8. The average Bonchev–Trinajstić information content (AvgIpc) is 3.48. The number of ether oxygens (including phenoxy) is 3. The van der Waals surface area contributed by atoms with Crippen molar-refractivity contribution in [3.05, 3.63) is 17.2 Å². The molecule has 8 nitrogen and oxygen atoms in total. The van der Waals surface area contributed by atoms with Gasteiger partial charge in [0.05, 0.1) is 31.0 Å². The fourth-order valence-corrected chi connectivity index (χ4v) is 4.94. The summed E-state index contributed by atoms with van der Waals surface area (Å²) in [5.74, 6) is -1.61. The Balaban J connectivity index is 1.93. The Hall–Kier alpha value is -1.87. The number of ketones is 1. The molecule has 0 saturated carbocycles. The van der Waals surface area contributed by atoms with E-state index in [1.807, 2.05) is 27.7 Å². The summed E-state index contributed by atoms with van der Waals surface area (Å²) in [4.78, 5) is 13.6. The Morgan fingerprint density at radius 1 is 1.25 bits per heavy atom. The van der Waals surface area contributed by atoms with Gasteiger partial charge in [-0.25, -0.2) is 0 Å². The molecule has 180 valence electrons. The van der Waals surface area contributed by atoms with Crippen LogP contribution in [-0.2, 0) is 15.9 Å². The van der Waals surface area contributed by atoms with Crippen LogP contribution in [0.4, 0.5) is 0 Å². The maximum absolute atomic E-state index is 13.6. The van der Waals surface area contributed by atoms with Crippen LogP contribution in [0.15, 0.2) is 6.07 Å². The number of Topliss-reactive ketones (excluding diaryl/α,β-unsaturated/α-hetero) is 1. The van der Waals surface area contributed by atoms with Crippen LogP contribution >= 0.6 is 0 Å². The molecule has 4 N–H and O–H groups in total. The summed E-state index contributed by atoms with van der Waals surface area (Å²) >= 11 is 0. The number of aliphatic hydroxyl groups excluding tert-OH is 2. The molecule has 0 aliphatic carbocycles. The van der Waals surface area contributed by atoms with Gasteiger partial charge in [0.25, 0.3) is 0 Å². The maximum Gasteiger partial charge on any atom is 0.203 e. The van der Waals surface area contributed by atoms with Crippen LogP contribution in [-0.4, -0.2) is 63.5 Å². The van der Waals surface area contributed by atoms with Crippen LogP contribution < -0.4 is 4.74 Å². The summed E-state index contributed by atoms with van der Waals surface area (Å²) in [7, 11) is 1.32. The normalized spacial score (nSPS) is 30.5. The molecule has 0 radical (unpaired) electrons. The predicted molar refractivity (Wildman–Crippen MR) is 117 cm³/mol. The summed E-state index contributed by atoms with van der Waals surface area (Å²) in [5.41, 5.74) is -0.580. The van der Waals surface area contributed by atoms with E-state index in [-0.39, 0.29) is 41.3 Å². The quantitative estimate of drug-likeness (QED) is 0.332. The van der Waals surface area contributed by atoms with Gasteiger partial charge < -0.3 is 34.6 Å². The van der Waals surface area contributed by atoms with E-state index in [1.165, 1.54) is 13.2 Å². The standard InChI is InChI=1S/C24H36O8/c1-6-8-14(16-11-17(25)24(23(29)31-16)18(7-2)32-24)20(27)15-10-13(9-12(3)4)19(26)22(30-5)21(15)28/h10,12,14,16-18,23,25-26,28-29H,6-9,11H2,1-5H3. The van der Waals surface area contributed by atoms with Crippen LogP contribution in [0.1, 0.15) is 69.3 Å².